The van der Waals surface area contributed by atoms with Gasteiger partial charge in [-0.2, -0.15) is 5.26 Å². The molecule has 0 spiro atoms. The van der Waals surface area contributed by atoms with Crippen LogP contribution in [0.4, 0.5) is 0 Å². The molecule has 1 atom stereocenters. The fourth-order valence-corrected chi connectivity index (χ4v) is 1.66. The van der Waals surface area contributed by atoms with E-state index in [1.54, 1.807) is 14.1 Å². The number of amides is 1. The Morgan fingerprint density at radius 2 is 2.22 bits per heavy atom. The van der Waals surface area contributed by atoms with Gasteiger partial charge in [-0.05, 0) is 31.0 Å². The van der Waals surface area contributed by atoms with E-state index in [-0.39, 0.29) is 5.91 Å². The van der Waals surface area contributed by atoms with Gasteiger partial charge in [0.05, 0.1) is 12.7 Å². The number of ether oxygens (including phenoxy) is 1. The Balaban J connectivity index is 2.79. The molecule has 18 heavy (non-hydrogen) atoms. The molecule has 0 aliphatic heterocycles. The van der Waals surface area contributed by atoms with E-state index in [9.17, 15) is 4.79 Å². The summed E-state index contributed by atoms with van der Waals surface area (Å²) in [5.74, 6) is -0.0415. The third kappa shape index (κ3) is 3.77. The van der Waals surface area contributed by atoms with Gasteiger partial charge in [-0.15, -0.1) is 0 Å². The van der Waals surface area contributed by atoms with Gasteiger partial charge in [-0.1, -0.05) is 12.1 Å². The first-order valence-corrected chi connectivity index (χ1v) is 5.91. The first-order chi connectivity index (χ1) is 8.58. The Hall–Kier alpha value is -2.02. The van der Waals surface area contributed by atoms with E-state index in [0.29, 0.717) is 13.0 Å². The number of hydrogen-bond donors (Lipinski definition) is 0. The number of hydrogen-bond acceptors (Lipinski definition) is 3. The SMILES string of the molecule is CCOc1cccc(CC(C#N)C(=O)N(C)C)c1. The van der Waals surface area contributed by atoms with Crippen molar-refractivity contribution >= 4 is 5.91 Å². The van der Waals surface area contributed by atoms with Gasteiger partial charge in [-0.25, -0.2) is 0 Å². The van der Waals surface area contributed by atoms with E-state index in [1.807, 2.05) is 31.2 Å². The lowest BCUT2D eigenvalue weighted by Gasteiger charge is -2.15. The standard InChI is InChI=1S/C14H18N2O2/c1-4-18-13-7-5-6-11(9-13)8-12(10-15)14(17)16(2)3/h5-7,9,12H,4,8H2,1-3H3. The second-order valence-corrected chi connectivity index (χ2v) is 4.20. The van der Waals surface area contributed by atoms with Crippen molar-refractivity contribution in [2.45, 2.75) is 13.3 Å². The lowest BCUT2D eigenvalue weighted by molar-refractivity contribution is -0.131. The smallest absolute Gasteiger partial charge is 0.239 e. The fourth-order valence-electron chi connectivity index (χ4n) is 1.66. The molecule has 1 aromatic rings. The predicted octanol–water partition coefficient (Wildman–Crippen LogP) is 1.86. The number of benzene rings is 1. The zero-order valence-corrected chi connectivity index (χ0v) is 11.0. The molecule has 4 heteroatoms. The van der Waals surface area contributed by atoms with Gasteiger partial charge in [0.1, 0.15) is 11.7 Å². The molecule has 0 N–H and O–H groups in total. The molecule has 96 valence electrons. The van der Waals surface area contributed by atoms with Gasteiger partial charge in [0, 0.05) is 14.1 Å². The Labute approximate surface area is 108 Å². The normalized spacial score (nSPS) is 11.4. The zero-order valence-electron chi connectivity index (χ0n) is 11.0. The second-order valence-electron chi connectivity index (χ2n) is 4.20. The van der Waals surface area contributed by atoms with E-state index < -0.39 is 5.92 Å². The maximum Gasteiger partial charge on any atom is 0.239 e. The van der Waals surface area contributed by atoms with E-state index >= 15 is 0 Å². The summed E-state index contributed by atoms with van der Waals surface area (Å²) in [6, 6.07) is 9.55. The Morgan fingerprint density at radius 3 is 2.78 bits per heavy atom. The fraction of sp³-hybridized carbons (Fsp3) is 0.429. The summed E-state index contributed by atoms with van der Waals surface area (Å²) in [6.45, 7) is 2.52. The molecular weight excluding hydrogens is 228 g/mol. The van der Waals surface area contributed by atoms with Crippen molar-refractivity contribution in [3.63, 3.8) is 0 Å². The molecule has 1 rings (SSSR count). The van der Waals surface area contributed by atoms with Crippen molar-refractivity contribution in [1.82, 2.24) is 4.90 Å². The maximum atomic E-state index is 11.8. The van der Waals surface area contributed by atoms with Crippen molar-refractivity contribution in [3.05, 3.63) is 29.8 Å². The number of nitrogens with zero attached hydrogens (tertiary/aromatic N) is 2. The molecule has 0 radical (unpaired) electrons. The molecule has 0 aliphatic carbocycles. The van der Waals surface area contributed by atoms with Crippen LogP contribution in [0, 0.1) is 17.2 Å². The minimum Gasteiger partial charge on any atom is -0.494 e. The van der Waals surface area contributed by atoms with Gasteiger partial charge in [-0.3, -0.25) is 4.79 Å². The first-order valence-electron chi connectivity index (χ1n) is 5.91. The Kier molecular flexibility index (Phi) is 5.19. The molecule has 1 unspecified atom stereocenters. The number of rotatable bonds is 5. The molecular formula is C14H18N2O2. The van der Waals surface area contributed by atoms with Gasteiger partial charge in [0.25, 0.3) is 0 Å². The lowest BCUT2D eigenvalue weighted by Crippen LogP contribution is -2.30. The van der Waals surface area contributed by atoms with E-state index in [1.165, 1.54) is 4.90 Å². The molecule has 0 saturated carbocycles. The summed E-state index contributed by atoms with van der Waals surface area (Å²) < 4.78 is 5.39. The monoisotopic (exact) mass is 246 g/mol. The molecule has 0 aliphatic rings. The third-order valence-electron chi connectivity index (χ3n) is 2.54. The molecule has 0 heterocycles. The average molecular weight is 246 g/mol. The van der Waals surface area contributed by atoms with Crippen LogP contribution in [0.25, 0.3) is 0 Å². The Bertz CT molecular complexity index is 449. The summed E-state index contributed by atoms with van der Waals surface area (Å²) in [4.78, 5) is 13.2. The highest BCUT2D eigenvalue weighted by Crippen LogP contribution is 2.17. The minimum absolute atomic E-state index is 0.167. The first kappa shape index (κ1) is 14.0. The number of carbonyl (C=O) groups excluding carboxylic acids is 1. The van der Waals surface area contributed by atoms with Crippen molar-refractivity contribution in [1.29, 1.82) is 5.26 Å². The topological polar surface area (TPSA) is 53.3 Å². The zero-order chi connectivity index (χ0) is 13.5. The van der Waals surface area contributed by atoms with Gasteiger partial charge in [0.2, 0.25) is 5.91 Å². The quantitative estimate of drug-likeness (QED) is 0.796. The summed E-state index contributed by atoms with van der Waals surface area (Å²) in [6.07, 6.45) is 0.411. The second kappa shape index (κ2) is 6.65. The molecule has 1 aromatic carbocycles. The highest BCUT2D eigenvalue weighted by Gasteiger charge is 2.20. The summed E-state index contributed by atoms with van der Waals surface area (Å²) in [5, 5.41) is 9.05. The number of nitriles is 1. The van der Waals surface area contributed by atoms with Crippen molar-refractivity contribution in [2.75, 3.05) is 20.7 Å². The van der Waals surface area contributed by atoms with Crippen molar-refractivity contribution in [3.8, 4) is 11.8 Å². The number of carbonyl (C=O) groups is 1. The van der Waals surface area contributed by atoms with Crippen LogP contribution in [-0.2, 0) is 11.2 Å². The molecule has 0 fully saturated rings. The highest BCUT2D eigenvalue weighted by molar-refractivity contribution is 5.81. The molecule has 0 aromatic heterocycles. The van der Waals surface area contributed by atoms with Crippen LogP contribution < -0.4 is 4.74 Å². The third-order valence-corrected chi connectivity index (χ3v) is 2.54. The van der Waals surface area contributed by atoms with Crippen molar-refractivity contribution < 1.29 is 9.53 Å². The molecule has 1 amide bonds. The molecule has 4 nitrogen and oxygen atoms in total. The van der Waals surface area contributed by atoms with Crippen molar-refractivity contribution in [2.24, 2.45) is 5.92 Å². The van der Waals surface area contributed by atoms with E-state index in [4.69, 9.17) is 10.00 Å². The molecule has 0 bridgehead atoms. The highest BCUT2D eigenvalue weighted by atomic mass is 16.5. The van der Waals surface area contributed by atoms with Gasteiger partial charge >= 0.3 is 0 Å². The van der Waals surface area contributed by atoms with Crippen LogP contribution in [0.2, 0.25) is 0 Å². The summed E-state index contributed by atoms with van der Waals surface area (Å²) >= 11 is 0. The summed E-state index contributed by atoms with van der Waals surface area (Å²) in [5.41, 5.74) is 0.933. The van der Waals surface area contributed by atoms with Crippen LogP contribution in [0.3, 0.4) is 0 Å². The maximum absolute atomic E-state index is 11.8. The van der Waals surface area contributed by atoms with E-state index in [2.05, 4.69) is 6.07 Å². The van der Waals surface area contributed by atoms with Crippen LogP contribution in [0.1, 0.15) is 12.5 Å². The Morgan fingerprint density at radius 1 is 1.50 bits per heavy atom. The summed E-state index contributed by atoms with van der Waals surface area (Å²) in [7, 11) is 3.31. The van der Waals surface area contributed by atoms with Crippen LogP contribution in [0.15, 0.2) is 24.3 Å². The van der Waals surface area contributed by atoms with E-state index in [0.717, 1.165) is 11.3 Å². The van der Waals surface area contributed by atoms with Crippen LogP contribution in [0.5, 0.6) is 5.75 Å². The average Bonchev–Trinajstić information content (AvgIpc) is 2.36. The van der Waals surface area contributed by atoms with Crippen LogP contribution >= 0.6 is 0 Å². The molecule has 0 saturated heterocycles. The minimum atomic E-state index is -0.642. The van der Waals surface area contributed by atoms with Gasteiger partial charge in [0.15, 0.2) is 0 Å². The predicted molar refractivity (Wildman–Crippen MR) is 69.1 cm³/mol. The lowest BCUT2D eigenvalue weighted by atomic mass is 9.99. The largest absolute Gasteiger partial charge is 0.494 e. The van der Waals surface area contributed by atoms with Gasteiger partial charge < -0.3 is 9.64 Å². The van der Waals surface area contributed by atoms with Crippen LogP contribution in [-0.4, -0.2) is 31.5 Å².